The van der Waals surface area contributed by atoms with Crippen molar-refractivity contribution in [1.29, 1.82) is 0 Å². The fourth-order valence-electron chi connectivity index (χ4n) is 1.35. The van der Waals surface area contributed by atoms with E-state index in [2.05, 4.69) is 22.1 Å². The molecule has 1 N–H and O–H groups in total. The fourth-order valence-corrected chi connectivity index (χ4v) is 1.35. The highest BCUT2D eigenvalue weighted by atomic mass is 14.8. The number of nitrogens with one attached hydrogen (secondary N) is 1. The van der Waals surface area contributed by atoms with E-state index in [9.17, 15) is 0 Å². The molecule has 0 aliphatic heterocycles. The molecule has 0 bridgehead atoms. The SMILES string of the molecule is Cc1cccc(-c2ccc(C)[nH]2)n1. The Morgan fingerprint density at radius 3 is 2.54 bits per heavy atom. The summed E-state index contributed by atoms with van der Waals surface area (Å²) in [5.41, 5.74) is 4.30. The van der Waals surface area contributed by atoms with E-state index in [-0.39, 0.29) is 0 Å². The first kappa shape index (κ1) is 8.05. The van der Waals surface area contributed by atoms with Crippen LogP contribution in [0.25, 0.3) is 11.4 Å². The Morgan fingerprint density at radius 1 is 1.08 bits per heavy atom. The zero-order chi connectivity index (χ0) is 9.26. The van der Waals surface area contributed by atoms with Crippen molar-refractivity contribution in [3.63, 3.8) is 0 Å². The van der Waals surface area contributed by atoms with E-state index in [4.69, 9.17) is 0 Å². The summed E-state index contributed by atoms with van der Waals surface area (Å²) < 4.78 is 0. The van der Waals surface area contributed by atoms with Gasteiger partial charge in [-0.15, -0.1) is 0 Å². The molecule has 0 aliphatic carbocycles. The quantitative estimate of drug-likeness (QED) is 0.704. The van der Waals surface area contributed by atoms with Gasteiger partial charge >= 0.3 is 0 Å². The summed E-state index contributed by atoms with van der Waals surface area (Å²) in [6.07, 6.45) is 0. The van der Waals surface area contributed by atoms with Crippen LogP contribution in [0.5, 0.6) is 0 Å². The van der Waals surface area contributed by atoms with Crippen molar-refractivity contribution >= 4 is 0 Å². The van der Waals surface area contributed by atoms with Gasteiger partial charge in [0, 0.05) is 11.4 Å². The molecular formula is C11H12N2. The maximum absolute atomic E-state index is 4.43. The van der Waals surface area contributed by atoms with Crippen LogP contribution in [0.3, 0.4) is 0 Å². The summed E-state index contributed by atoms with van der Waals surface area (Å²) in [7, 11) is 0. The van der Waals surface area contributed by atoms with Gasteiger partial charge in [-0.2, -0.15) is 0 Å². The second-order valence-electron chi connectivity index (χ2n) is 3.22. The highest BCUT2D eigenvalue weighted by Gasteiger charge is 1.99. The molecule has 13 heavy (non-hydrogen) atoms. The molecule has 0 aliphatic rings. The van der Waals surface area contributed by atoms with Gasteiger partial charge in [0.2, 0.25) is 0 Å². The fraction of sp³-hybridized carbons (Fsp3) is 0.182. The molecular weight excluding hydrogens is 160 g/mol. The third kappa shape index (κ3) is 1.61. The maximum Gasteiger partial charge on any atom is 0.0867 e. The van der Waals surface area contributed by atoms with E-state index < -0.39 is 0 Å². The van der Waals surface area contributed by atoms with Gasteiger partial charge in [-0.25, -0.2) is 0 Å². The predicted octanol–water partition coefficient (Wildman–Crippen LogP) is 2.69. The van der Waals surface area contributed by atoms with Crippen molar-refractivity contribution in [2.45, 2.75) is 13.8 Å². The molecule has 2 nitrogen and oxygen atoms in total. The number of pyridine rings is 1. The minimum atomic E-state index is 1.01. The molecule has 2 heteroatoms. The van der Waals surface area contributed by atoms with Crippen LogP contribution in [0.4, 0.5) is 0 Å². The van der Waals surface area contributed by atoms with Gasteiger partial charge in [0.05, 0.1) is 11.4 Å². The number of hydrogen-bond acceptors (Lipinski definition) is 1. The van der Waals surface area contributed by atoms with Crippen LogP contribution in [0.2, 0.25) is 0 Å². The largest absolute Gasteiger partial charge is 0.357 e. The minimum absolute atomic E-state index is 1.01. The summed E-state index contributed by atoms with van der Waals surface area (Å²) >= 11 is 0. The molecule has 2 aromatic rings. The molecule has 2 heterocycles. The highest BCUT2D eigenvalue weighted by Crippen LogP contribution is 2.15. The standard InChI is InChI=1S/C11H12N2/c1-8-4-3-5-10(12-8)11-7-6-9(2)13-11/h3-7,13H,1-2H3. The Kier molecular flexibility index (Phi) is 1.89. The van der Waals surface area contributed by atoms with E-state index >= 15 is 0 Å². The molecule has 0 saturated heterocycles. The normalized spacial score (nSPS) is 10.3. The van der Waals surface area contributed by atoms with Gasteiger partial charge in [-0.05, 0) is 38.1 Å². The smallest absolute Gasteiger partial charge is 0.0867 e. The van der Waals surface area contributed by atoms with Gasteiger partial charge in [-0.3, -0.25) is 4.98 Å². The van der Waals surface area contributed by atoms with Crippen LogP contribution in [0, 0.1) is 13.8 Å². The molecule has 0 unspecified atom stereocenters. The lowest BCUT2D eigenvalue weighted by Crippen LogP contribution is -1.85. The first-order valence-electron chi connectivity index (χ1n) is 4.35. The van der Waals surface area contributed by atoms with Crippen molar-refractivity contribution in [3.05, 3.63) is 41.7 Å². The lowest BCUT2D eigenvalue weighted by atomic mass is 10.2. The zero-order valence-corrected chi connectivity index (χ0v) is 7.83. The number of H-pyrrole nitrogens is 1. The van der Waals surface area contributed by atoms with Gasteiger partial charge in [0.25, 0.3) is 0 Å². The van der Waals surface area contributed by atoms with Crippen LogP contribution in [0.15, 0.2) is 30.3 Å². The molecule has 0 spiro atoms. The third-order valence-electron chi connectivity index (χ3n) is 2.00. The Labute approximate surface area is 77.6 Å². The number of aromatic nitrogens is 2. The maximum atomic E-state index is 4.43. The van der Waals surface area contributed by atoms with Crippen LogP contribution in [0.1, 0.15) is 11.4 Å². The number of hydrogen-bond donors (Lipinski definition) is 1. The van der Waals surface area contributed by atoms with Gasteiger partial charge in [0.1, 0.15) is 0 Å². The molecule has 0 saturated carbocycles. The molecule has 0 atom stereocenters. The Bertz CT molecular complexity index is 416. The Morgan fingerprint density at radius 2 is 1.92 bits per heavy atom. The topological polar surface area (TPSA) is 28.7 Å². The predicted molar refractivity (Wildman–Crippen MR) is 53.5 cm³/mol. The molecule has 2 aromatic heterocycles. The average Bonchev–Trinajstić information content (AvgIpc) is 2.52. The average molecular weight is 172 g/mol. The van der Waals surface area contributed by atoms with Crippen LogP contribution < -0.4 is 0 Å². The first-order valence-corrected chi connectivity index (χ1v) is 4.35. The van der Waals surface area contributed by atoms with Crippen molar-refractivity contribution in [1.82, 2.24) is 9.97 Å². The van der Waals surface area contributed by atoms with E-state index in [1.807, 2.05) is 32.0 Å². The van der Waals surface area contributed by atoms with Crippen molar-refractivity contribution in [2.75, 3.05) is 0 Å². The van der Waals surface area contributed by atoms with E-state index in [0.29, 0.717) is 0 Å². The number of nitrogens with zero attached hydrogens (tertiary/aromatic N) is 1. The van der Waals surface area contributed by atoms with Crippen molar-refractivity contribution < 1.29 is 0 Å². The number of rotatable bonds is 1. The lowest BCUT2D eigenvalue weighted by Gasteiger charge is -1.97. The van der Waals surface area contributed by atoms with Crippen LogP contribution in [-0.4, -0.2) is 9.97 Å². The second-order valence-corrected chi connectivity index (χ2v) is 3.22. The second kappa shape index (κ2) is 3.05. The highest BCUT2D eigenvalue weighted by molar-refractivity contribution is 5.54. The molecule has 66 valence electrons. The molecule has 0 amide bonds. The van der Waals surface area contributed by atoms with Crippen molar-refractivity contribution in [3.8, 4) is 11.4 Å². The summed E-state index contributed by atoms with van der Waals surface area (Å²) in [6.45, 7) is 4.04. The third-order valence-corrected chi connectivity index (χ3v) is 2.00. The van der Waals surface area contributed by atoms with E-state index in [1.54, 1.807) is 0 Å². The van der Waals surface area contributed by atoms with Crippen molar-refractivity contribution in [2.24, 2.45) is 0 Å². The van der Waals surface area contributed by atoms with Gasteiger partial charge in [0.15, 0.2) is 0 Å². The Hall–Kier alpha value is -1.57. The monoisotopic (exact) mass is 172 g/mol. The summed E-state index contributed by atoms with van der Waals surface area (Å²) in [5.74, 6) is 0. The van der Waals surface area contributed by atoms with Crippen LogP contribution >= 0.6 is 0 Å². The zero-order valence-electron chi connectivity index (χ0n) is 7.83. The number of aromatic amines is 1. The van der Waals surface area contributed by atoms with E-state index in [1.165, 1.54) is 5.69 Å². The van der Waals surface area contributed by atoms with Crippen LogP contribution in [-0.2, 0) is 0 Å². The summed E-state index contributed by atoms with van der Waals surface area (Å²) in [6, 6.07) is 10.1. The lowest BCUT2D eigenvalue weighted by molar-refractivity contribution is 1.17. The summed E-state index contributed by atoms with van der Waals surface area (Å²) in [5, 5.41) is 0. The molecule has 0 aromatic carbocycles. The first-order chi connectivity index (χ1) is 6.25. The Balaban J connectivity index is 2.46. The van der Waals surface area contributed by atoms with Gasteiger partial charge < -0.3 is 4.98 Å². The molecule has 0 radical (unpaired) electrons. The minimum Gasteiger partial charge on any atom is -0.357 e. The van der Waals surface area contributed by atoms with Gasteiger partial charge in [-0.1, -0.05) is 6.07 Å². The molecule has 0 fully saturated rings. The molecule has 2 rings (SSSR count). The number of aryl methyl sites for hydroxylation is 2. The summed E-state index contributed by atoms with van der Waals surface area (Å²) in [4.78, 5) is 7.68. The van der Waals surface area contributed by atoms with E-state index in [0.717, 1.165) is 17.1 Å².